The molecule has 0 bridgehead atoms. The Kier molecular flexibility index (Phi) is 7.24. The molecule has 2 atom stereocenters. The number of carbonyl (C=O) groups excluding carboxylic acids is 1. The molecule has 0 aliphatic rings. The summed E-state index contributed by atoms with van der Waals surface area (Å²) in [5.41, 5.74) is 1.57. The Hall–Kier alpha value is -1.62. The van der Waals surface area contributed by atoms with Crippen molar-refractivity contribution in [1.82, 2.24) is 5.32 Å². The van der Waals surface area contributed by atoms with Crippen molar-refractivity contribution in [1.29, 1.82) is 0 Å². The second-order valence-electron chi connectivity index (χ2n) is 6.24. The maximum atomic E-state index is 12.1. The van der Waals surface area contributed by atoms with Gasteiger partial charge in [-0.3, -0.25) is 4.79 Å². The summed E-state index contributed by atoms with van der Waals surface area (Å²) in [7, 11) is -3.31. The van der Waals surface area contributed by atoms with Gasteiger partial charge in [0.1, 0.15) is 6.16 Å². The standard InChI is InChI=1S/C19H25NO4P/c1-15(19(22)17-10-6-3-7-11-17)20-12-18(21)14-25(23,24)13-16-8-4-2-5-9-16/h2-11,15,19-20,22-24H,12-14H2,1H3/q+1/t15-,19+/m1/s1. The van der Waals surface area contributed by atoms with Gasteiger partial charge in [0.05, 0.1) is 12.6 Å². The average molecular weight is 362 g/mol. The van der Waals surface area contributed by atoms with Crippen molar-refractivity contribution >= 4 is 13.5 Å². The summed E-state index contributed by atoms with van der Waals surface area (Å²) >= 11 is 0. The number of aliphatic hydroxyl groups excluding tert-OH is 1. The second kappa shape index (κ2) is 9.18. The lowest BCUT2D eigenvalue weighted by molar-refractivity contribution is -0.116. The van der Waals surface area contributed by atoms with Crippen LogP contribution in [0, 0.1) is 0 Å². The maximum absolute atomic E-state index is 12.1. The number of benzene rings is 2. The van der Waals surface area contributed by atoms with Crippen LogP contribution in [-0.4, -0.2) is 39.4 Å². The van der Waals surface area contributed by atoms with Crippen LogP contribution < -0.4 is 5.32 Å². The van der Waals surface area contributed by atoms with Gasteiger partial charge in [-0.2, -0.15) is 0 Å². The molecule has 0 unspecified atom stereocenters. The fourth-order valence-corrected chi connectivity index (χ4v) is 4.18. The number of nitrogens with one attached hydrogen (secondary N) is 1. The molecule has 0 saturated heterocycles. The molecule has 0 heterocycles. The van der Waals surface area contributed by atoms with Gasteiger partial charge in [0.25, 0.3) is 7.72 Å². The van der Waals surface area contributed by atoms with Crippen LogP contribution in [-0.2, 0) is 11.0 Å². The quantitative estimate of drug-likeness (QED) is 0.514. The highest BCUT2D eigenvalue weighted by Gasteiger charge is 2.36. The zero-order chi connectivity index (χ0) is 18.3. The minimum atomic E-state index is -3.31. The van der Waals surface area contributed by atoms with Gasteiger partial charge in [-0.25, -0.2) is 9.79 Å². The van der Waals surface area contributed by atoms with Crippen molar-refractivity contribution in [2.75, 3.05) is 12.7 Å². The molecule has 0 spiro atoms. The van der Waals surface area contributed by atoms with E-state index in [4.69, 9.17) is 0 Å². The highest BCUT2D eigenvalue weighted by atomic mass is 31.2. The highest BCUT2D eigenvalue weighted by Crippen LogP contribution is 2.52. The zero-order valence-electron chi connectivity index (χ0n) is 14.2. The van der Waals surface area contributed by atoms with E-state index in [9.17, 15) is 19.7 Å². The minimum absolute atomic E-state index is 0.0112. The van der Waals surface area contributed by atoms with Gasteiger partial charge in [0.2, 0.25) is 0 Å². The van der Waals surface area contributed by atoms with E-state index in [0.717, 1.165) is 11.1 Å². The first-order valence-corrected chi connectivity index (χ1v) is 10.3. The predicted octanol–water partition coefficient (Wildman–Crippen LogP) is 2.30. The van der Waals surface area contributed by atoms with E-state index >= 15 is 0 Å². The Morgan fingerprint density at radius 2 is 1.60 bits per heavy atom. The van der Waals surface area contributed by atoms with Crippen molar-refractivity contribution < 1.29 is 19.7 Å². The first-order chi connectivity index (χ1) is 11.9. The summed E-state index contributed by atoms with van der Waals surface area (Å²) in [6.45, 7) is 1.78. The van der Waals surface area contributed by atoms with Crippen LogP contribution in [0.15, 0.2) is 60.7 Å². The number of hydrogen-bond acceptors (Lipinski definition) is 5. The fraction of sp³-hybridized carbons (Fsp3) is 0.316. The van der Waals surface area contributed by atoms with Crippen LogP contribution in [0.25, 0.3) is 0 Å². The minimum Gasteiger partial charge on any atom is -0.387 e. The van der Waals surface area contributed by atoms with E-state index in [2.05, 4.69) is 5.32 Å². The number of Topliss-reactive ketones (excluding diaryl/α,β-unsaturated/α-hetero) is 1. The van der Waals surface area contributed by atoms with Crippen molar-refractivity contribution in [3.8, 4) is 0 Å². The Labute approximate surface area is 148 Å². The molecule has 0 amide bonds. The van der Waals surface area contributed by atoms with E-state index in [1.54, 1.807) is 6.92 Å². The van der Waals surface area contributed by atoms with Gasteiger partial charge in [0, 0.05) is 6.04 Å². The third kappa shape index (κ3) is 6.65. The van der Waals surface area contributed by atoms with Crippen LogP contribution in [0.1, 0.15) is 24.2 Å². The Balaban J connectivity index is 1.81. The van der Waals surface area contributed by atoms with Gasteiger partial charge in [-0.1, -0.05) is 60.7 Å². The summed E-state index contributed by atoms with van der Waals surface area (Å²) in [6.07, 6.45) is -0.897. The third-order valence-corrected chi connectivity index (χ3v) is 5.67. The topological polar surface area (TPSA) is 89.8 Å². The molecule has 0 aliphatic heterocycles. The predicted molar refractivity (Wildman–Crippen MR) is 100 cm³/mol. The summed E-state index contributed by atoms with van der Waals surface area (Å²) in [5, 5.41) is 13.2. The zero-order valence-corrected chi connectivity index (χ0v) is 15.1. The lowest BCUT2D eigenvalue weighted by Crippen LogP contribution is -2.37. The second-order valence-corrected chi connectivity index (χ2v) is 8.63. The van der Waals surface area contributed by atoms with Crippen LogP contribution >= 0.6 is 7.72 Å². The van der Waals surface area contributed by atoms with Crippen molar-refractivity contribution in [3.63, 3.8) is 0 Å². The Morgan fingerprint density at radius 3 is 2.20 bits per heavy atom. The van der Waals surface area contributed by atoms with Gasteiger partial charge in [0.15, 0.2) is 11.9 Å². The maximum Gasteiger partial charge on any atom is 0.279 e. The molecule has 2 rings (SSSR count). The van der Waals surface area contributed by atoms with E-state index in [1.165, 1.54) is 0 Å². The smallest absolute Gasteiger partial charge is 0.279 e. The first-order valence-electron chi connectivity index (χ1n) is 8.22. The number of hydrogen-bond donors (Lipinski definition) is 4. The average Bonchev–Trinajstić information content (AvgIpc) is 2.59. The molecule has 4 N–H and O–H groups in total. The lowest BCUT2D eigenvalue weighted by atomic mass is 10.0. The lowest BCUT2D eigenvalue weighted by Gasteiger charge is -2.20. The molecule has 0 fully saturated rings. The first kappa shape index (κ1) is 19.7. The third-order valence-electron chi connectivity index (χ3n) is 3.94. The van der Waals surface area contributed by atoms with Crippen LogP contribution in [0.3, 0.4) is 0 Å². The molecule has 2 aromatic carbocycles. The molecule has 0 radical (unpaired) electrons. The van der Waals surface area contributed by atoms with Crippen molar-refractivity contribution in [2.24, 2.45) is 0 Å². The molecular weight excluding hydrogens is 337 g/mol. The monoisotopic (exact) mass is 362 g/mol. The molecule has 6 heteroatoms. The number of rotatable bonds is 9. The fourth-order valence-electron chi connectivity index (χ4n) is 2.60. The largest absolute Gasteiger partial charge is 0.387 e. The van der Waals surface area contributed by atoms with Gasteiger partial charge < -0.3 is 10.4 Å². The SMILES string of the molecule is C[C@@H](NCC(=O)C[P+](O)(O)Cc1ccccc1)[C@H](O)c1ccccc1. The van der Waals surface area contributed by atoms with E-state index in [0.29, 0.717) is 0 Å². The van der Waals surface area contributed by atoms with Crippen molar-refractivity contribution in [3.05, 3.63) is 71.8 Å². The van der Waals surface area contributed by atoms with Crippen LogP contribution in [0.2, 0.25) is 0 Å². The van der Waals surface area contributed by atoms with Gasteiger partial charge >= 0.3 is 0 Å². The normalized spacial score (nSPS) is 14.1. The molecule has 0 aromatic heterocycles. The molecule has 0 saturated carbocycles. The molecule has 0 aliphatic carbocycles. The Morgan fingerprint density at radius 1 is 1.04 bits per heavy atom. The summed E-state index contributed by atoms with van der Waals surface area (Å²) in [5.74, 6) is -0.277. The highest BCUT2D eigenvalue weighted by molar-refractivity contribution is 7.64. The van der Waals surface area contributed by atoms with Crippen molar-refractivity contribution in [2.45, 2.75) is 25.2 Å². The van der Waals surface area contributed by atoms with E-state index in [-0.39, 0.29) is 30.7 Å². The van der Waals surface area contributed by atoms with Crippen LogP contribution in [0.4, 0.5) is 0 Å². The van der Waals surface area contributed by atoms with Gasteiger partial charge in [-0.05, 0) is 18.1 Å². The van der Waals surface area contributed by atoms with E-state index < -0.39 is 13.8 Å². The Bertz CT molecular complexity index is 664. The molecule has 134 valence electrons. The molecular formula is C19H25NO4P+. The number of aliphatic hydroxyl groups is 1. The summed E-state index contributed by atoms with van der Waals surface area (Å²) < 4.78 is 0. The molecule has 25 heavy (non-hydrogen) atoms. The summed E-state index contributed by atoms with van der Waals surface area (Å²) in [6, 6.07) is 18.0. The van der Waals surface area contributed by atoms with E-state index in [1.807, 2.05) is 60.7 Å². The summed E-state index contributed by atoms with van der Waals surface area (Å²) in [4.78, 5) is 32.4. The number of ketones is 1. The molecule has 5 nitrogen and oxygen atoms in total. The number of carbonyl (C=O) groups is 1. The molecule has 2 aromatic rings. The van der Waals surface area contributed by atoms with Crippen LogP contribution in [0.5, 0.6) is 0 Å². The van der Waals surface area contributed by atoms with Gasteiger partial charge in [-0.15, -0.1) is 0 Å².